The van der Waals surface area contributed by atoms with Crippen LogP contribution in [0, 0.1) is 0 Å². The number of carbonyl (C=O) groups excluding carboxylic acids is 1. The summed E-state index contributed by atoms with van der Waals surface area (Å²) in [5.41, 5.74) is 1.47. The molecule has 1 aromatic heterocycles. The standard InChI is InChI=1S/C19H26N4O/c1-4-14-22(15-5-2)18(24)17-12-13-20-19(21-17)23(6-3)16-10-8-7-9-11-16/h7-13H,4-6,14-15H2,1-3H3. The first kappa shape index (κ1) is 17.9. The van der Waals surface area contributed by atoms with E-state index >= 15 is 0 Å². The van der Waals surface area contributed by atoms with Crippen molar-refractivity contribution < 1.29 is 4.79 Å². The second-order valence-electron chi connectivity index (χ2n) is 5.61. The highest BCUT2D eigenvalue weighted by Gasteiger charge is 2.18. The summed E-state index contributed by atoms with van der Waals surface area (Å²) in [5, 5.41) is 0. The zero-order valence-electron chi connectivity index (χ0n) is 14.8. The Labute approximate surface area is 144 Å². The number of para-hydroxylation sites is 1. The lowest BCUT2D eigenvalue weighted by Gasteiger charge is -2.23. The van der Waals surface area contributed by atoms with Crippen molar-refractivity contribution in [2.45, 2.75) is 33.6 Å². The van der Waals surface area contributed by atoms with Crippen LogP contribution in [0.2, 0.25) is 0 Å². The number of anilines is 2. The van der Waals surface area contributed by atoms with Crippen LogP contribution in [-0.4, -0.2) is 40.4 Å². The zero-order valence-corrected chi connectivity index (χ0v) is 14.8. The van der Waals surface area contributed by atoms with Crippen LogP contribution in [0.1, 0.15) is 44.1 Å². The van der Waals surface area contributed by atoms with Gasteiger partial charge in [-0.3, -0.25) is 4.79 Å². The molecule has 1 aromatic carbocycles. The maximum absolute atomic E-state index is 12.7. The van der Waals surface area contributed by atoms with Gasteiger partial charge in [0.1, 0.15) is 5.69 Å². The summed E-state index contributed by atoms with van der Waals surface area (Å²) in [6, 6.07) is 11.7. The molecule has 0 aliphatic carbocycles. The lowest BCUT2D eigenvalue weighted by atomic mass is 10.3. The van der Waals surface area contributed by atoms with E-state index in [0.29, 0.717) is 11.6 Å². The van der Waals surface area contributed by atoms with Crippen LogP contribution in [0.5, 0.6) is 0 Å². The third-order valence-electron chi connectivity index (χ3n) is 3.76. The second-order valence-corrected chi connectivity index (χ2v) is 5.61. The molecular weight excluding hydrogens is 300 g/mol. The normalized spacial score (nSPS) is 10.5. The molecule has 0 aliphatic heterocycles. The van der Waals surface area contributed by atoms with Gasteiger partial charge in [-0.05, 0) is 38.0 Å². The molecule has 0 spiro atoms. The molecule has 1 amide bonds. The van der Waals surface area contributed by atoms with Crippen molar-refractivity contribution >= 4 is 17.5 Å². The van der Waals surface area contributed by atoms with Gasteiger partial charge in [0.05, 0.1) is 0 Å². The molecule has 5 nitrogen and oxygen atoms in total. The van der Waals surface area contributed by atoms with Gasteiger partial charge in [0.25, 0.3) is 5.91 Å². The number of hydrogen-bond acceptors (Lipinski definition) is 4. The Hall–Kier alpha value is -2.43. The Morgan fingerprint density at radius 3 is 2.25 bits per heavy atom. The van der Waals surface area contributed by atoms with Gasteiger partial charge in [-0.2, -0.15) is 0 Å². The third kappa shape index (κ3) is 4.31. The number of benzene rings is 1. The van der Waals surface area contributed by atoms with Crippen molar-refractivity contribution in [3.8, 4) is 0 Å². The van der Waals surface area contributed by atoms with Gasteiger partial charge in [-0.25, -0.2) is 9.97 Å². The van der Waals surface area contributed by atoms with Crippen molar-refractivity contribution in [3.63, 3.8) is 0 Å². The molecular formula is C19H26N4O. The van der Waals surface area contributed by atoms with Gasteiger partial charge in [-0.15, -0.1) is 0 Å². The first-order valence-electron chi connectivity index (χ1n) is 8.66. The largest absolute Gasteiger partial charge is 0.337 e. The Morgan fingerprint density at radius 2 is 1.67 bits per heavy atom. The highest BCUT2D eigenvalue weighted by Crippen LogP contribution is 2.21. The number of amides is 1. The molecule has 2 aromatic rings. The van der Waals surface area contributed by atoms with Crippen LogP contribution in [0.3, 0.4) is 0 Å². The predicted octanol–water partition coefficient (Wildman–Crippen LogP) is 3.90. The lowest BCUT2D eigenvalue weighted by molar-refractivity contribution is 0.0749. The summed E-state index contributed by atoms with van der Waals surface area (Å²) in [5.74, 6) is 0.536. The monoisotopic (exact) mass is 326 g/mol. The Balaban J connectivity index is 2.28. The Bertz CT molecular complexity index is 639. The second kappa shape index (κ2) is 9.01. The number of hydrogen-bond donors (Lipinski definition) is 0. The van der Waals surface area contributed by atoms with E-state index in [-0.39, 0.29) is 5.91 Å². The van der Waals surface area contributed by atoms with Crippen molar-refractivity contribution in [3.05, 3.63) is 48.3 Å². The van der Waals surface area contributed by atoms with Gasteiger partial charge >= 0.3 is 0 Å². The highest BCUT2D eigenvalue weighted by atomic mass is 16.2. The molecule has 5 heteroatoms. The predicted molar refractivity (Wildman–Crippen MR) is 97.6 cm³/mol. The van der Waals surface area contributed by atoms with E-state index in [9.17, 15) is 4.79 Å². The lowest BCUT2D eigenvalue weighted by Crippen LogP contribution is -2.33. The van der Waals surface area contributed by atoms with Crippen LogP contribution >= 0.6 is 0 Å². The maximum atomic E-state index is 12.7. The molecule has 1 heterocycles. The van der Waals surface area contributed by atoms with Gasteiger partial charge in [0, 0.05) is 31.5 Å². The Kier molecular flexibility index (Phi) is 6.73. The first-order valence-corrected chi connectivity index (χ1v) is 8.66. The molecule has 0 radical (unpaired) electrons. The molecule has 0 saturated heterocycles. The summed E-state index contributed by atoms with van der Waals surface area (Å²) in [6.45, 7) is 8.44. The number of nitrogens with zero attached hydrogens (tertiary/aromatic N) is 4. The van der Waals surface area contributed by atoms with E-state index in [1.54, 1.807) is 12.3 Å². The summed E-state index contributed by atoms with van der Waals surface area (Å²) < 4.78 is 0. The van der Waals surface area contributed by atoms with Crippen molar-refractivity contribution in [2.75, 3.05) is 24.5 Å². The molecule has 0 unspecified atom stereocenters. The number of carbonyl (C=O) groups is 1. The summed E-state index contributed by atoms with van der Waals surface area (Å²) in [7, 11) is 0. The Morgan fingerprint density at radius 1 is 1.00 bits per heavy atom. The van der Waals surface area contributed by atoms with E-state index in [1.165, 1.54) is 0 Å². The van der Waals surface area contributed by atoms with Crippen LogP contribution < -0.4 is 4.90 Å². The smallest absolute Gasteiger partial charge is 0.272 e. The number of aromatic nitrogens is 2. The minimum Gasteiger partial charge on any atom is -0.337 e. The van der Waals surface area contributed by atoms with E-state index in [0.717, 1.165) is 38.2 Å². The number of rotatable bonds is 8. The van der Waals surface area contributed by atoms with Gasteiger partial charge in [-0.1, -0.05) is 32.0 Å². The SMILES string of the molecule is CCCN(CCC)C(=O)c1ccnc(N(CC)c2ccccc2)n1. The average Bonchev–Trinajstić information content (AvgIpc) is 2.63. The summed E-state index contributed by atoms with van der Waals surface area (Å²) >= 11 is 0. The fraction of sp³-hybridized carbons (Fsp3) is 0.421. The molecule has 0 fully saturated rings. The van der Waals surface area contributed by atoms with E-state index < -0.39 is 0 Å². The fourth-order valence-corrected chi connectivity index (χ4v) is 2.66. The van der Waals surface area contributed by atoms with Crippen LogP contribution in [0.15, 0.2) is 42.6 Å². The van der Waals surface area contributed by atoms with Crippen molar-refractivity contribution in [1.82, 2.24) is 14.9 Å². The molecule has 24 heavy (non-hydrogen) atoms. The van der Waals surface area contributed by atoms with Crippen LogP contribution in [0.4, 0.5) is 11.6 Å². The van der Waals surface area contributed by atoms with Gasteiger partial charge in [0.15, 0.2) is 0 Å². The summed E-state index contributed by atoms with van der Waals surface area (Å²) in [4.78, 5) is 25.5. The van der Waals surface area contributed by atoms with Gasteiger partial charge < -0.3 is 9.80 Å². The van der Waals surface area contributed by atoms with E-state index in [1.807, 2.05) is 47.1 Å². The van der Waals surface area contributed by atoms with Crippen LogP contribution in [0.25, 0.3) is 0 Å². The first-order chi connectivity index (χ1) is 11.7. The molecule has 0 saturated carbocycles. The molecule has 0 bridgehead atoms. The molecule has 128 valence electrons. The molecule has 0 aliphatic rings. The van der Waals surface area contributed by atoms with Crippen molar-refractivity contribution in [2.24, 2.45) is 0 Å². The highest BCUT2D eigenvalue weighted by molar-refractivity contribution is 5.92. The zero-order chi connectivity index (χ0) is 17.4. The van der Waals surface area contributed by atoms with E-state index in [4.69, 9.17) is 0 Å². The van der Waals surface area contributed by atoms with Crippen molar-refractivity contribution in [1.29, 1.82) is 0 Å². The molecule has 0 N–H and O–H groups in total. The third-order valence-corrected chi connectivity index (χ3v) is 3.76. The fourth-order valence-electron chi connectivity index (χ4n) is 2.66. The van der Waals surface area contributed by atoms with E-state index in [2.05, 4.69) is 23.8 Å². The molecule has 0 atom stereocenters. The molecule has 2 rings (SSSR count). The minimum atomic E-state index is -0.0218. The van der Waals surface area contributed by atoms with Crippen LogP contribution in [-0.2, 0) is 0 Å². The quantitative estimate of drug-likeness (QED) is 0.738. The average molecular weight is 326 g/mol. The minimum absolute atomic E-state index is 0.0218. The van der Waals surface area contributed by atoms with Gasteiger partial charge in [0.2, 0.25) is 5.95 Å². The summed E-state index contributed by atoms with van der Waals surface area (Å²) in [6.07, 6.45) is 3.54. The topological polar surface area (TPSA) is 49.3 Å². The maximum Gasteiger partial charge on any atom is 0.272 e.